The highest BCUT2D eigenvalue weighted by atomic mass is 31.2. The Kier molecular flexibility index (Phi) is 72.0. The maximum Gasteiger partial charge on any atom is 0.306 e. The molecule has 0 aromatic heterocycles. The Bertz CT molecular complexity index is 2360. The quantitative estimate of drug-likeness (QED) is 0.0195. The average molecular weight is 1380 g/mol. The first-order chi connectivity index (χ1) is 48.0. The van der Waals surface area contributed by atoms with Gasteiger partial charge in [0.25, 0.3) is 7.82 Å². The minimum Gasteiger partial charge on any atom is -0.756 e. The molecule has 0 saturated heterocycles. The van der Waals surface area contributed by atoms with Gasteiger partial charge in [0.1, 0.15) is 19.8 Å². The SMILES string of the molecule is CC/C=C\C/C=C\C/C=C\C/C=C\C/C=C\C/C=C\C/C=C\C/C=C\CCCCCCCCCCCCCCC(=O)OCC(COP(=O)([O-])OCC[N+](C)(C)C)OC(=O)CCCCCCCCCCCCCC/C=C\C/C=C\C/C=C\C/C=C\C/C=C\C/C=C\C/C=C\C/C=C\CC. The molecule has 0 aliphatic heterocycles. The predicted molar refractivity (Wildman–Crippen MR) is 424 cm³/mol. The maximum absolute atomic E-state index is 12.9. The van der Waals surface area contributed by atoms with E-state index in [-0.39, 0.29) is 32.0 Å². The fourth-order valence-corrected chi connectivity index (χ4v) is 10.9. The van der Waals surface area contributed by atoms with Gasteiger partial charge in [-0.3, -0.25) is 14.2 Å². The molecule has 554 valence electrons. The molecule has 2 atom stereocenters. The monoisotopic (exact) mass is 1370 g/mol. The van der Waals surface area contributed by atoms with Crippen LogP contribution in [0.1, 0.15) is 296 Å². The summed E-state index contributed by atoms with van der Waals surface area (Å²) in [6.07, 6.45) is 118. The molecule has 2 unspecified atom stereocenters. The third kappa shape index (κ3) is 79.8. The van der Waals surface area contributed by atoms with Crippen molar-refractivity contribution in [1.29, 1.82) is 0 Å². The van der Waals surface area contributed by atoms with Crippen molar-refractivity contribution in [3.8, 4) is 0 Å². The van der Waals surface area contributed by atoms with Crippen molar-refractivity contribution in [3.05, 3.63) is 194 Å². The van der Waals surface area contributed by atoms with Crippen LogP contribution in [0.25, 0.3) is 0 Å². The van der Waals surface area contributed by atoms with E-state index in [1.54, 1.807) is 0 Å². The van der Waals surface area contributed by atoms with Gasteiger partial charge >= 0.3 is 11.9 Å². The van der Waals surface area contributed by atoms with Crippen LogP contribution < -0.4 is 4.89 Å². The zero-order valence-electron chi connectivity index (χ0n) is 63.2. The molecule has 0 N–H and O–H groups in total. The van der Waals surface area contributed by atoms with Gasteiger partial charge in [0.05, 0.1) is 27.7 Å². The Labute approximate surface area is 603 Å². The normalized spacial score (nSPS) is 14.1. The number of ether oxygens (including phenoxy) is 2. The Morgan fingerprint density at radius 2 is 0.551 bits per heavy atom. The number of esters is 2. The Morgan fingerprint density at radius 1 is 0.316 bits per heavy atom. The molecule has 0 amide bonds. The second kappa shape index (κ2) is 76.0. The van der Waals surface area contributed by atoms with Gasteiger partial charge in [0.15, 0.2) is 6.10 Å². The molecule has 0 aromatic carbocycles. The lowest BCUT2D eigenvalue weighted by molar-refractivity contribution is -0.870. The van der Waals surface area contributed by atoms with E-state index < -0.39 is 26.5 Å². The molecule has 0 bridgehead atoms. The van der Waals surface area contributed by atoms with Crippen molar-refractivity contribution in [1.82, 2.24) is 0 Å². The van der Waals surface area contributed by atoms with Crippen LogP contribution in [0.5, 0.6) is 0 Å². The maximum atomic E-state index is 12.9. The lowest BCUT2D eigenvalue weighted by atomic mass is 10.0. The van der Waals surface area contributed by atoms with Crippen LogP contribution in [0.4, 0.5) is 0 Å². The summed E-state index contributed by atoms with van der Waals surface area (Å²) < 4.78 is 34.4. The molecule has 0 aliphatic carbocycles. The van der Waals surface area contributed by atoms with Gasteiger partial charge in [0.2, 0.25) is 0 Å². The van der Waals surface area contributed by atoms with Crippen molar-refractivity contribution in [2.75, 3.05) is 47.5 Å². The number of quaternary nitrogens is 1. The molecule has 10 heteroatoms. The highest BCUT2D eigenvalue weighted by molar-refractivity contribution is 7.45. The minimum absolute atomic E-state index is 0.0398. The fraction of sp³-hybridized carbons (Fsp3) is 0.614. The first-order valence-electron chi connectivity index (χ1n) is 39.1. The standard InChI is InChI=1S/C88H144NO8P/c1-6-8-10-12-14-16-18-20-22-24-26-28-30-32-34-36-38-40-42-44-46-48-50-52-54-56-58-60-62-64-66-68-70-72-74-76-78-80-87(90)94-84-86(85-96-98(92,93)95-83-82-89(3,4)5)97-88(91)81-79-77-75-73-71-69-67-65-63-61-59-57-55-53-51-49-47-45-43-41-39-37-35-33-31-29-27-25-23-21-19-17-15-13-11-9-7-2/h8-11,14-17,20-23,26-29,32-35,38-41,44-47,50-53,86H,6-7,12-13,18-19,24-25,30-31,36-37,42-43,48-49,54-85H2,1-5H3/b10-8-,11-9-,16-14-,17-15-,22-20-,23-21-,28-26-,29-27-,34-32-,35-33-,40-38-,41-39-,46-44-,47-45-,52-50-,53-51-. The van der Waals surface area contributed by atoms with Crippen molar-refractivity contribution in [3.63, 3.8) is 0 Å². The number of phosphoric ester groups is 1. The summed E-state index contributed by atoms with van der Waals surface area (Å²) >= 11 is 0. The van der Waals surface area contributed by atoms with Gasteiger partial charge in [-0.25, -0.2) is 0 Å². The van der Waals surface area contributed by atoms with E-state index >= 15 is 0 Å². The number of unbranched alkanes of at least 4 members (excludes halogenated alkanes) is 24. The van der Waals surface area contributed by atoms with Crippen LogP contribution in [0.3, 0.4) is 0 Å². The number of carbonyl (C=O) groups excluding carboxylic acids is 2. The van der Waals surface area contributed by atoms with Crippen LogP contribution in [0.2, 0.25) is 0 Å². The van der Waals surface area contributed by atoms with E-state index in [1.165, 1.54) is 109 Å². The first kappa shape index (κ1) is 92.8. The lowest BCUT2D eigenvalue weighted by Gasteiger charge is -2.28. The molecule has 0 aromatic rings. The summed E-state index contributed by atoms with van der Waals surface area (Å²) in [6.45, 7) is 4.01. The number of rotatable bonds is 70. The van der Waals surface area contributed by atoms with Gasteiger partial charge in [-0.15, -0.1) is 0 Å². The largest absolute Gasteiger partial charge is 0.756 e. The van der Waals surface area contributed by atoms with E-state index in [1.807, 2.05) is 21.1 Å². The van der Waals surface area contributed by atoms with Crippen molar-refractivity contribution in [2.45, 2.75) is 302 Å². The van der Waals surface area contributed by atoms with Gasteiger partial charge in [-0.2, -0.15) is 0 Å². The number of hydrogen-bond donors (Lipinski definition) is 0. The topological polar surface area (TPSA) is 111 Å². The summed E-state index contributed by atoms with van der Waals surface area (Å²) in [6, 6.07) is 0. The van der Waals surface area contributed by atoms with Crippen LogP contribution in [0, 0.1) is 0 Å². The zero-order chi connectivity index (χ0) is 71.1. The van der Waals surface area contributed by atoms with Gasteiger partial charge in [-0.05, 0) is 141 Å². The van der Waals surface area contributed by atoms with Gasteiger partial charge in [-0.1, -0.05) is 337 Å². The number of carbonyl (C=O) groups is 2. The molecule has 0 rings (SSSR count). The van der Waals surface area contributed by atoms with E-state index in [2.05, 4.69) is 208 Å². The number of hydrogen-bond acceptors (Lipinski definition) is 8. The average Bonchev–Trinajstić information content (AvgIpc) is 1.14. The third-order valence-corrected chi connectivity index (χ3v) is 17.1. The zero-order valence-corrected chi connectivity index (χ0v) is 64.0. The molecule has 9 nitrogen and oxygen atoms in total. The number of phosphoric acid groups is 1. The van der Waals surface area contributed by atoms with E-state index in [0.717, 1.165) is 154 Å². The van der Waals surface area contributed by atoms with Crippen molar-refractivity contribution in [2.24, 2.45) is 0 Å². The highest BCUT2D eigenvalue weighted by Gasteiger charge is 2.22. The molecular weight excluding hydrogens is 1230 g/mol. The second-order valence-electron chi connectivity index (χ2n) is 26.6. The number of nitrogens with zero attached hydrogens (tertiary/aromatic N) is 1. The molecule has 0 fully saturated rings. The van der Waals surface area contributed by atoms with Crippen LogP contribution in [0.15, 0.2) is 194 Å². The molecule has 0 heterocycles. The molecule has 0 radical (unpaired) electrons. The third-order valence-electron chi connectivity index (χ3n) is 16.1. The summed E-state index contributed by atoms with van der Waals surface area (Å²) in [5.74, 6) is -0.843. The summed E-state index contributed by atoms with van der Waals surface area (Å²) in [5.41, 5.74) is 0. The molecule has 0 spiro atoms. The highest BCUT2D eigenvalue weighted by Crippen LogP contribution is 2.38. The van der Waals surface area contributed by atoms with E-state index in [9.17, 15) is 19.0 Å². The summed E-state index contributed by atoms with van der Waals surface area (Å²) in [4.78, 5) is 38.2. The Balaban J connectivity index is 4.07. The smallest absolute Gasteiger partial charge is 0.306 e. The number of allylic oxidation sites excluding steroid dienone is 32. The molecular formula is C88H144NO8P. The second-order valence-corrected chi connectivity index (χ2v) is 28.0. The van der Waals surface area contributed by atoms with Crippen LogP contribution >= 0.6 is 7.82 Å². The van der Waals surface area contributed by atoms with Crippen molar-refractivity contribution < 1.29 is 42.1 Å². The Morgan fingerprint density at radius 3 is 0.816 bits per heavy atom. The Hall–Kier alpha value is -5.15. The van der Waals surface area contributed by atoms with Gasteiger partial charge in [0, 0.05) is 12.8 Å². The molecule has 0 aliphatic rings. The van der Waals surface area contributed by atoms with Crippen LogP contribution in [-0.4, -0.2) is 70.0 Å². The fourth-order valence-electron chi connectivity index (χ4n) is 10.2. The van der Waals surface area contributed by atoms with E-state index in [0.29, 0.717) is 17.4 Å². The van der Waals surface area contributed by atoms with Crippen LogP contribution in [-0.2, 0) is 32.7 Å². The van der Waals surface area contributed by atoms with E-state index in [4.69, 9.17) is 18.5 Å². The number of likely N-dealkylation sites (N-methyl/N-ethyl adjacent to an activating group) is 1. The minimum atomic E-state index is -4.66. The molecule has 98 heavy (non-hydrogen) atoms. The lowest BCUT2D eigenvalue weighted by Crippen LogP contribution is -2.37. The first-order valence-corrected chi connectivity index (χ1v) is 40.6. The summed E-state index contributed by atoms with van der Waals surface area (Å²) in [7, 11) is 1.15. The predicted octanol–water partition coefficient (Wildman–Crippen LogP) is 25.8. The summed E-state index contributed by atoms with van der Waals surface area (Å²) in [5, 5.41) is 0. The van der Waals surface area contributed by atoms with Crippen molar-refractivity contribution >= 4 is 19.8 Å². The van der Waals surface area contributed by atoms with Gasteiger partial charge < -0.3 is 27.9 Å². The molecule has 0 saturated carbocycles.